The molecule has 0 spiro atoms. The molecule has 0 radical (unpaired) electrons. The van der Waals surface area contributed by atoms with Crippen molar-refractivity contribution in [2.75, 3.05) is 5.32 Å². The number of fused-ring (bicyclic) bond motifs is 1. The number of nitrogens with one attached hydrogen (secondary N) is 1. The molecule has 8 nitrogen and oxygen atoms in total. The van der Waals surface area contributed by atoms with Crippen molar-refractivity contribution >= 4 is 17.3 Å². The van der Waals surface area contributed by atoms with E-state index in [0.717, 1.165) is 25.7 Å². The molecule has 0 bridgehead atoms. The molecule has 0 aromatic carbocycles. The Balaban J connectivity index is 1.81. The molecule has 1 fully saturated rings. The van der Waals surface area contributed by atoms with Crippen molar-refractivity contribution in [2.45, 2.75) is 37.8 Å². The molecule has 0 aliphatic heterocycles. The number of aliphatic hydroxyl groups is 1. The molecule has 0 atom stereocenters. The molecule has 20 heavy (non-hydrogen) atoms. The van der Waals surface area contributed by atoms with E-state index < -0.39 is 4.92 Å². The van der Waals surface area contributed by atoms with Crippen LogP contribution in [0.25, 0.3) is 5.65 Å². The number of aliphatic hydroxyl groups excluding tert-OH is 1. The fourth-order valence-corrected chi connectivity index (χ4v) is 2.49. The molecular formula is C12H15N5O3. The number of nitro groups is 1. The Morgan fingerprint density at radius 3 is 2.80 bits per heavy atom. The lowest BCUT2D eigenvalue weighted by molar-refractivity contribution is -0.391. The summed E-state index contributed by atoms with van der Waals surface area (Å²) >= 11 is 0. The molecule has 2 N–H and O–H groups in total. The average molecular weight is 277 g/mol. The van der Waals surface area contributed by atoms with Gasteiger partial charge in [-0.1, -0.05) is 9.61 Å². The second-order valence-electron chi connectivity index (χ2n) is 5.01. The topological polar surface area (TPSA) is 106 Å². The molecule has 0 amide bonds. The largest absolute Gasteiger partial charge is 0.393 e. The summed E-state index contributed by atoms with van der Waals surface area (Å²) in [5, 5.41) is 27.8. The van der Waals surface area contributed by atoms with Crippen LogP contribution >= 0.6 is 0 Å². The van der Waals surface area contributed by atoms with Crippen molar-refractivity contribution in [3.05, 3.63) is 28.4 Å². The third kappa shape index (κ3) is 2.42. The predicted octanol–water partition coefficient (Wildman–Crippen LogP) is 1.35. The number of hydrogen-bond acceptors (Lipinski definition) is 6. The quantitative estimate of drug-likeness (QED) is 0.648. The van der Waals surface area contributed by atoms with Gasteiger partial charge in [0.2, 0.25) is 5.65 Å². The molecule has 1 saturated carbocycles. The highest BCUT2D eigenvalue weighted by molar-refractivity contribution is 5.48. The van der Waals surface area contributed by atoms with Crippen LogP contribution in [0.4, 0.5) is 11.6 Å². The van der Waals surface area contributed by atoms with Crippen molar-refractivity contribution in [1.29, 1.82) is 0 Å². The standard InChI is InChI=1S/C12H15N5O3/c18-9-3-1-8(2-4-9)14-10-5-6-11-13-7-12(17(19)20)16(11)15-10/h5-9,18H,1-4H2,(H,14,15)/t8-,9-. The maximum Gasteiger partial charge on any atom is 0.368 e. The summed E-state index contributed by atoms with van der Waals surface area (Å²) < 4.78 is 1.22. The molecule has 1 aliphatic rings. The lowest BCUT2D eigenvalue weighted by atomic mass is 9.93. The van der Waals surface area contributed by atoms with Gasteiger partial charge in [-0.15, -0.1) is 0 Å². The van der Waals surface area contributed by atoms with Gasteiger partial charge in [-0.05, 0) is 36.7 Å². The number of anilines is 1. The highest BCUT2D eigenvalue weighted by Gasteiger charge is 2.21. The minimum Gasteiger partial charge on any atom is -0.393 e. The number of nitrogens with zero attached hydrogens (tertiary/aromatic N) is 4. The molecule has 3 rings (SSSR count). The first-order valence-corrected chi connectivity index (χ1v) is 6.57. The zero-order chi connectivity index (χ0) is 14.1. The SMILES string of the molecule is O=[N+]([O-])c1cnc2ccc(N[C@H]3CC[C@H](O)CC3)nn12. The van der Waals surface area contributed by atoms with Crippen LogP contribution in [0.15, 0.2) is 18.3 Å². The highest BCUT2D eigenvalue weighted by atomic mass is 16.6. The summed E-state index contributed by atoms with van der Waals surface area (Å²) in [5.74, 6) is 0.433. The van der Waals surface area contributed by atoms with Crippen LogP contribution in [0.2, 0.25) is 0 Å². The van der Waals surface area contributed by atoms with Gasteiger partial charge in [0.05, 0.1) is 6.10 Å². The molecule has 2 aromatic heterocycles. The lowest BCUT2D eigenvalue weighted by Crippen LogP contribution is -2.28. The van der Waals surface area contributed by atoms with E-state index in [2.05, 4.69) is 15.4 Å². The first kappa shape index (κ1) is 12.8. The van der Waals surface area contributed by atoms with E-state index in [1.807, 2.05) is 0 Å². The zero-order valence-electron chi connectivity index (χ0n) is 10.8. The van der Waals surface area contributed by atoms with E-state index in [-0.39, 0.29) is 18.0 Å². The summed E-state index contributed by atoms with van der Waals surface area (Å²) in [6.45, 7) is 0. The molecule has 2 heterocycles. The smallest absolute Gasteiger partial charge is 0.368 e. The minimum atomic E-state index is -0.506. The van der Waals surface area contributed by atoms with Gasteiger partial charge in [0.1, 0.15) is 6.20 Å². The van der Waals surface area contributed by atoms with Crippen molar-refractivity contribution < 1.29 is 10.0 Å². The molecule has 1 aliphatic carbocycles. The molecule has 0 saturated heterocycles. The van der Waals surface area contributed by atoms with Crippen molar-refractivity contribution in [3.63, 3.8) is 0 Å². The number of aromatic nitrogens is 3. The van der Waals surface area contributed by atoms with Crippen molar-refractivity contribution in [2.24, 2.45) is 0 Å². The summed E-state index contributed by atoms with van der Waals surface area (Å²) in [5.41, 5.74) is 0.446. The van der Waals surface area contributed by atoms with E-state index in [4.69, 9.17) is 0 Å². The Bertz CT molecular complexity index is 633. The number of imidazole rings is 1. The summed E-state index contributed by atoms with van der Waals surface area (Å²) in [7, 11) is 0. The van der Waals surface area contributed by atoms with E-state index in [9.17, 15) is 15.2 Å². The Hall–Kier alpha value is -2.22. The zero-order valence-corrected chi connectivity index (χ0v) is 10.8. The summed E-state index contributed by atoms with van der Waals surface area (Å²) in [6.07, 6.45) is 4.26. The Labute approximate surface area is 114 Å². The lowest BCUT2D eigenvalue weighted by Gasteiger charge is -2.26. The van der Waals surface area contributed by atoms with Gasteiger partial charge in [-0.2, -0.15) is 0 Å². The predicted molar refractivity (Wildman–Crippen MR) is 71.5 cm³/mol. The third-order valence-electron chi connectivity index (χ3n) is 3.58. The van der Waals surface area contributed by atoms with Crippen LogP contribution in [0, 0.1) is 10.1 Å². The first-order chi connectivity index (χ1) is 9.63. The molecule has 2 aromatic rings. The molecule has 8 heteroatoms. The molecule has 0 unspecified atom stereocenters. The normalized spacial score (nSPS) is 22.9. The average Bonchev–Trinajstić information content (AvgIpc) is 2.84. The summed E-state index contributed by atoms with van der Waals surface area (Å²) in [4.78, 5) is 14.3. The van der Waals surface area contributed by atoms with Gasteiger partial charge in [0, 0.05) is 12.1 Å². The number of rotatable bonds is 3. The highest BCUT2D eigenvalue weighted by Crippen LogP contribution is 2.22. The maximum absolute atomic E-state index is 10.9. The van der Waals surface area contributed by atoms with Crippen LogP contribution in [0.5, 0.6) is 0 Å². The van der Waals surface area contributed by atoms with E-state index in [0.29, 0.717) is 11.5 Å². The van der Waals surface area contributed by atoms with Gasteiger partial charge in [0.15, 0.2) is 5.82 Å². The van der Waals surface area contributed by atoms with Crippen molar-refractivity contribution in [1.82, 2.24) is 14.6 Å². The van der Waals surface area contributed by atoms with Crippen LogP contribution < -0.4 is 5.32 Å². The van der Waals surface area contributed by atoms with E-state index in [1.165, 1.54) is 10.7 Å². The Morgan fingerprint density at radius 2 is 2.10 bits per heavy atom. The molecular weight excluding hydrogens is 262 g/mol. The monoisotopic (exact) mass is 277 g/mol. The van der Waals surface area contributed by atoms with Crippen LogP contribution in [0.3, 0.4) is 0 Å². The van der Waals surface area contributed by atoms with Gasteiger partial charge < -0.3 is 20.5 Å². The minimum absolute atomic E-state index is 0.150. The van der Waals surface area contributed by atoms with E-state index in [1.54, 1.807) is 12.1 Å². The maximum atomic E-state index is 10.9. The first-order valence-electron chi connectivity index (χ1n) is 6.57. The summed E-state index contributed by atoms with van der Waals surface area (Å²) in [6, 6.07) is 3.70. The van der Waals surface area contributed by atoms with Gasteiger partial charge in [0.25, 0.3) is 0 Å². The van der Waals surface area contributed by atoms with Gasteiger partial charge in [-0.25, -0.2) is 4.98 Å². The second kappa shape index (κ2) is 5.04. The fourth-order valence-electron chi connectivity index (χ4n) is 2.49. The van der Waals surface area contributed by atoms with Crippen LogP contribution in [0.1, 0.15) is 25.7 Å². The fraction of sp³-hybridized carbons (Fsp3) is 0.500. The van der Waals surface area contributed by atoms with Crippen LogP contribution in [-0.2, 0) is 0 Å². The van der Waals surface area contributed by atoms with Crippen molar-refractivity contribution in [3.8, 4) is 0 Å². The Kier molecular flexibility index (Phi) is 3.23. The Morgan fingerprint density at radius 1 is 1.35 bits per heavy atom. The van der Waals surface area contributed by atoms with Gasteiger partial charge >= 0.3 is 5.82 Å². The third-order valence-corrected chi connectivity index (χ3v) is 3.58. The van der Waals surface area contributed by atoms with Crippen LogP contribution in [-0.4, -0.2) is 36.8 Å². The molecule has 106 valence electrons. The number of hydrogen-bond donors (Lipinski definition) is 2. The van der Waals surface area contributed by atoms with Gasteiger partial charge in [-0.3, -0.25) is 0 Å². The van der Waals surface area contributed by atoms with E-state index >= 15 is 0 Å². The second-order valence-corrected chi connectivity index (χ2v) is 5.01.